The van der Waals surface area contributed by atoms with E-state index in [1.54, 1.807) is 19.2 Å². The first-order valence-electron chi connectivity index (χ1n) is 10.4. The average Bonchev–Trinajstić information content (AvgIpc) is 3.18. The van der Waals surface area contributed by atoms with Gasteiger partial charge in [0.1, 0.15) is 18.2 Å². The van der Waals surface area contributed by atoms with Crippen LogP contribution in [0.25, 0.3) is 16.9 Å². The molecule has 3 aromatic carbocycles. The highest BCUT2D eigenvalue weighted by Crippen LogP contribution is 2.30. The van der Waals surface area contributed by atoms with Gasteiger partial charge in [0.05, 0.1) is 18.5 Å². The highest BCUT2D eigenvalue weighted by atomic mass is 19.1. The predicted octanol–water partition coefficient (Wildman–Crippen LogP) is 6.54. The molecule has 1 heterocycles. The maximum absolute atomic E-state index is 13.5. The molecule has 0 unspecified atom stereocenters. The summed E-state index contributed by atoms with van der Waals surface area (Å²) in [6, 6.07) is 26.4. The molecule has 0 N–H and O–H groups in total. The van der Waals surface area contributed by atoms with Crippen LogP contribution in [0.4, 0.5) is 4.39 Å². The van der Waals surface area contributed by atoms with Crippen molar-refractivity contribution < 1.29 is 14.0 Å². The summed E-state index contributed by atoms with van der Waals surface area (Å²) >= 11 is 0. The van der Waals surface area contributed by atoms with Crippen molar-refractivity contribution >= 4 is 5.71 Å². The van der Waals surface area contributed by atoms with Gasteiger partial charge in [0.15, 0.2) is 0 Å². The van der Waals surface area contributed by atoms with Gasteiger partial charge < -0.3 is 14.1 Å². The highest BCUT2D eigenvalue weighted by molar-refractivity contribution is 6.01. The van der Waals surface area contributed by atoms with Crippen LogP contribution in [-0.4, -0.2) is 17.4 Å². The molecule has 0 fully saturated rings. The molecule has 4 nitrogen and oxygen atoms in total. The molecule has 32 heavy (non-hydrogen) atoms. The van der Waals surface area contributed by atoms with E-state index in [-0.39, 0.29) is 5.82 Å². The maximum Gasteiger partial charge on any atom is 0.142 e. The van der Waals surface area contributed by atoms with Crippen molar-refractivity contribution in [1.82, 2.24) is 4.57 Å². The van der Waals surface area contributed by atoms with E-state index < -0.39 is 0 Å². The molecule has 0 saturated carbocycles. The fourth-order valence-corrected chi connectivity index (χ4v) is 3.69. The fraction of sp³-hybridized carbons (Fsp3) is 0.148. The van der Waals surface area contributed by atoms with E-state index in [0.717, 1.165) is 45.2 Å². The van der Waals surface area contributed by atoms with Crippen LogP contribution < -0.4 is 4.74 Å². The van der Waals surface area contributed by atoms with Crippen molar-refractivity contribution in [2.24, 2.45) is 5.16 Å². The molecule has 1 aromatic heterocycles. The van der Waals surface area contributed by atoms with Crippen molar-refractivity contribution in [2.45, 2.75) is 20.5 Å². The number of aromatic nitrogens is 1. The van der Waals surface area contributed by atoms with Gasteiger partial charge in [0, 0.05) is 16.9 Å². The van der Waals surface area contributed by atoms with Crippen molar-refractivity contribution in [3.8, 4) is 22.7 Å². The monoisotopic (exact) mass is 428 g/mol. The molecule has 162 valence electrons. The van der Waals surface area contributed by atoms with Gasteiger partial charge in [-0.15, -0.1) is 0 Å². The average molecular weight is 429 g/mol. The van der Waals surface area contributed by atoms with Gasteiger partial charge in [-0.2, -0.15) is 0 Å². The number of oxime groups is 1. The topological polar surface area (TPSA) is 35.8 Å². The zero-order valence-corrected chi connectivity index (χ0v) is 18.4. The van der Waals surface area contributed by atoms with E-state index in [0.29, 0.717) is 6.61 Å². The number of methoxy groups -OCH3 is 1. The Hall–Kier alpha value is -3.86. The second-order valence-corrected chi connectivity index (χ2v) is 7.50. The number of hydrogen-bond donors (Lipinski definition) is 0. The van der Waals surface area contributed by atoms with Crippen molar-refractivity contribution in [3.63, 3.8) is 0 Å². The molecule has 5 heteroatoms. The lowest BCUT2D eigenvalue weighted by Gasteiger charge is -2.12. The van der Waals surface area contributed by atoms with Gasteiger partial charge in [0.25, 0.3) is 0 Å². The van der Waals surface area contributed by atoms with Crippen LogP contribution in [0.5, 0.6) is 5.75 Å². The smallest absolute Gasteiger partial charge is 0.142 e. The number of ether oxygens (including phenoxy) is 1. The van der Waals surface area contributed by atoms with Gasteiger partial charge in [-0.05, 0) is 67.4 Å². The summed E-state index contributed by atoms with van der Waals surface area (Å²) in [5, 5.41) is 4.36. The molecular formula is C27H25FN2O2. The summed E-state index contributed by atoms with van der Waals surface area (Å²) in [6.45, 7) is 4.33. The molecule has 0 spiro atoms. The standard InChI is InChI=1S/C27H25FN2O2/c1-19(29-32-18-21-9-15-25(31-3)16-10-21)26-17-27(22-7-5-4-6-8-22)30(20(26)2)24-13-11-23(28)12-14-24/h4-17H,18H2,1-3H3/b29-19-. The molecule has 0 radical (unpaired) electrons. The summed E-state index contributed by atoms with van der Waals surface area (Å²) in [5.74, 6) is 0.546. The molecule has 0 bridgehead atoms. The molecule has 4 rings (SSSR count). The van der Waals surface area contributed by atoms with Crippen LogP contribution >= 0.6 is 0 Å². The quantitative estimate of drug-likeness (QED) is 0.247. The van der Waals surface area contributed by atoms with E-state index in [2.05, 4.69) is 27.9 Å². The third-order valence-electron chi connectivity index (χ3n) is 5.38. The highest BCUT2D eigenvalue weighted by Gasteiger charge is 2.17. The lowest BCUT2D eigenvalue weighted by molar-refractivity contribution is 0.130. The Morgan fingerprint density at radius 1 is 0.938 bits per heavy atom. The van der Waals surface area contributed by atoms with Gasteiger partial charge in [-0.3, -0.25) is 0 Å². The number of halogens is 1. The Balaban J connectivity index is 1.65. The first-order chi connectivity index (χ1) is 15.6. The van der Waals surface area contributed by atoms with Crippen LogP contribution in [0.1, 0.15) is 23.7 Å². The number of rotatable bonds is 7. The van der Waals surface area contributed by atoms with Gasteiger partial charge >= 0.3 is 0 Å². The Morgan fingerprint density at radius 3 is 2.28 bits per heavy atom. The lowest BCUT2D eigenvalue weighted by Crippen LogP contribution is -2.02. The van der Waals surface area contributed by atoms with Gasteiger partial charge in [-0.1, -0.05) is 47.6 Å². The van der Waals surface area contributed by atoms with E-state index in [1.807, 2.05) is 56.3 Å². The Kier molecular flexibility index (Phi) is 6.36. The van der Waals surface area contributed by atoms with Crippen LogP contribution in [0.2, 0.25) is 0 Å². The fourth-order valence-electron chi connectivity index (χ4n) is 3.69. The zero-order chi connectivity index (χ0) is 22.5. The molecule has 0 saturated heterocycles. The first kappa shape index (κ1) is 21.4. The van der Waals surface area contributed by atoms with Crippen LogP contribution in [-0.2, 0) is 11.4 Å². The second kappa shape index (κ2) is 9.52. The van der Waals surface area contributed by atoms with E-state index in [9.17, 15) is 4.39 Å². The third-order valence-corrected chi connectivity index (χ3v) is 5.38. The Morgan fingerprint density at radius 2 is 1.62 bits per heavy atom. The molecule has 4 aromatic rings. The zero-order valence-electron chi connectivity index (χ0n) is 18.4. The second-order valence-electron chi connectivity index (χ2n) is 7.50. The molecule has 0 aliphatic heterocycles. The number of nitrogens with zero attached hydrogens (tertiary/aromatic N) is 2. The van der Waals surface area contributed by atoms with Crippen molar-refractivity contribution in [3.05, 3.63) is 108 Å². The SMILES string of the molecule is COc1ccc(CO/N=C(/C)c2cc(-c3ccccc3)n(-c3ccc(F)cc3)c2C)cc1. The van der Waals surface area contributed by atoms with Gasteiger partial charge in [0.2, 0.25) is 0 Å². The van der Waals surface area contributed by atoms with E-state index in [1.165, 1.54) is 12.1 Å². The molecule has 0 amide bonds. The van der Waals surface area contributed by atoms with Crippen LogP contribution in [0, 0.1) is 12.7 Å². The summed E-state index contributed by atoms with van der Waals surface area (Å²) < 4.78 is 20.8. The molecule has 0 atom stereocenters. The summed E-state index contributed by atoms with van der Waals surface area (Å²) in [4.78, 5) is 5.63. The largest absolute Gasteiger partial charge is 0.497 e. The summed E-state index contributed by atoms with van der Waals surface area (Å²) in [6.07, 6.45) is 0. The van der Waals surface area contributed by atoms with E-state index >= 15 is 0 Å². The minimum Gasteiger partial charge on any atom is -0.497 e. The third kappa shape index (κ3) is 4.57. The first-order valence-corrected chi connectivity index (χ1v) is 10.4. The number of benzene rings is 3. The van der Waals surface area contributed by atoms with Gasteiger partial charge in [-0.25, -0.2) is 4.39 Å². The summed E-state index contributed by atoms with van der Waals surface area (Å²) in [5.41, 5.74) is 6.73. The number of hydrogen-bond acceptors (Lipinski definition) is 3. The lowest BCUT2D eigenvalue weighted by atomic mass is 10.1. The Bertz CT molecular complexity index is 1210. The molecule has 0 aliphatic rings. The van der Waals surface area contributed by atoms with Crippen molar-refractivity contribution in [1.29, 1.82) is 0 Å². The normalized spacial score (nSPS) is 11.4. The van der Waals surface area contributed by atoms with Crippen molar-refractivity contribution in [2.75, 3.05) is 7.11 Å². The van der Waals surface area contributed by atoms with Crippen LogP contribution in [0.15, 0.2) is 90.1 Å². The minimum atomic E-state index is -0.260. The van der Waals surface area contributed by atoms with E-state index in [4.69, 9.17) is 9.57 Å². The summed E-state index contributed by atoms with van der Waals surface area (Å²) in [7, 11) is 1.64. The predicted molar refractivity (Wildman–Crippen MR) is 126 cm³/mol. The maximum atomic E-state index is 13.5. The molecule has 0 aliphatic carbocycles. The molecular weight excluding hydrogens is 403 g/mol. The Labute approximate surface area is 187 Å². The minimum absolute atomic E-state index is 0.260. The van der Waals surface area contributed by atoms with Crippen LogP contribution in [0.3, 0.4) is 0 Å².